The van der Waals surface area contributed by atoms with Gasteiger partial charge < -0.3 is 20.3 Å². The Labute approximate surface area is 242 Å². The van der Waals surface area contributed by atoms with E-state index in [0.717, 1.165) is 12.6 Å². The van der Waals surface area contributed by atoms with Gasteiger partial charge in [0, 0.05) is 13.5 Å². The van der Waals surface area contributed by atoms with E-state index in [9.17, 15) is 32.3 Å². The van der Waals surface area contributed by atoms with Crippen molar-refractivity contribution in [2.24, 2.45) is 11.8 Å². The summed E-state index contributed by atoms with van der Waals surface area (Å²) in [5.41, 5.74) is 0.980. The van der Waals surface area contributed by atoms with Crippen LogP contribution in [0.3, 0.4) is 0 Å². The zero-order valence-corrected chi connectivity index (χ0v) is 24.4. The van der Waals surface area contributed by atoms with Crippen molar-refractivity contribution in [2.45, 2.75) is 72.6 Å². The highest BCUT2D eigenvalue weighted by Crippen LogP contribution is 2.32. The highest BCUT2D eigenvalue weighted by Gasteiger charge is 2.43. The largest absolute Gasteiger partial charge is 0.451 e. The monoisotopic (exact) mass is 591 g/mol. The number of carbonyl (C=O) groups excluding carboxylic acids is 4. The first kappa shape index (κ1) is 32.4. The molecular weight excluding hydrogens is 555 g/mol. The number of carbonyl (C=O) groups is 4. The molecule has 2 N–H and O–H groups in total. The number of allylic oxidation sites excluding steroid dienone is 2. The fourth-order valence-corrected chi connectivity index (χ4v) is 4.76. The lowest BCUT2D eigenvalue weighted by Crippen LogP contribution is -2.55. The highest BCUT2D eigenvalue weighted by atomic mass is 19.4. The van der Waals surface area contributed by atoms with Crippen molar-refractivity contribution in [1.82, 2.24) is 25.3 Å². The number of esters is 1. The van der Waals surface area contributed by atoms with E-state index < -0.39 is 59.3 Å². The maximum absolute atomic E-state index is 13.7. The van der Waals surface area contributed by atoms with Gasteiger partial charge in [-0.25, -0.2) is 4.68 Å². The minimum Gasteiger partial charge on any atom is -0.420 e. The molecule has 0 bridgehead atoms. The third-order valence-electron chi connectivity index (χ3n) is 6.90. The predicted molar refractivity (Wildman–Crippen MR) is 147 cm³/mol. The number of hydrogen-bond acceptors (Lipinski definition) is 6. The topological polar surface area (TPSA) is 123 Å². The van der Waals surface area contributed by atoms with Crippen LogP contribution in [0.1, 0.15) is 63.5 Å². The second-order valence-corrected chi connectivity index (χ2v) is 10.8. The Morgan fingerprint density at radius 1 is 1.07 bits per heavy atom. The highest BCUT2D eigenvalue weighted by molar-refractivity contribution is 5.99. The van der Waals surface area contributed by atoms with Crippen LogP contribution in [0.2, 0.25) is 0 Å². The zero-order chi connectivity index (χ0) is 31.4. The quantitative estimate of drug-likeness (QED) is 0.335. The molecule has 0 unspecified atom stereocenters. The Balaban J connectivity index is 1.83. The van der Waals surface area contributed by atoms with Crippen LogP contribution in [-0.2, 0) is 19.1 Å². The molecule has 13 heteroatoms. The first-order valence-electron chi connectivity index (χ1n) is 13.7. The van der Waals surface area contributed by atoms with E-state index in [1.807, 2.05) is 30.3 Å². The van der Waals surface area contributed by atoms with Crippen molar-refractivity contribution in [2.75, 3.05) is 6.54 Å². The van der Waals surface area contributed by atoms with Gasteiger partial charge in [0.25, 0.3) is 5.91 Å². The van der Waals surface area contributed by atoms with Gasteiger partial charge in [0.15, 0.2) is 0 Å². The molecule has 1 aliphatic heterocycles. The number of amides is 3. The third-order valence-corrected chi connectivity index (χ3v) is 6.90. The summed E-state index contributed by atoms with van der Waals surface area (Å²) in [6.07, 6.45) is -2.99. The number of nitrogens with one attached hydrogen (secondary N) is 2. The summed E-state index contributed by atoms with van der Waals surface area (Å²) in [4.78, 5) is 52.9. The minimum absolute atomic E-state index is 0.178. The molecular formula is C29H36F3N5O5. The number of nitrogens with zero attached hydrogens (tertiary/aromatic N) is 3. The van der Waals surface area contributed by atoms with E-state index in [4.69, 9.17) is 0 Å². The van der Waals surface area contributed by atoms with Crippen molar-refractivity contribution in [3.05, 3.63) is 59.2 Å². The number of para-hydroxylation sites is 1. The maximum atomic E-state index is 13.7. The lowest BCUT2D eigenvalue weighted by atomic mass is 10.0. The summed E-state index contributed by atoms with van der Waals surface area (Å²) < 4.78 is 47.2. The third kappa shape index (κ3) is 7.37. The molecule has 0 radical (unpaired) electrons. The molecule has 2 heterocycles. The second kappa shape index (κ2) is 13.2. The molecule has 1 aromatic heterocycles. The number of halogens is 3. The summed E-state index contributed by atoms with van der Waals surface area (Å²) in [7, 11) is 0. The van der Waals surface area contributed by atoms with Crippen molar-refractivity contribution in [3.8, 4) is 5.69 Å². The molecule has 0 aliphatic carbocycles. The zero-order valence-electron chi connectivity index (χ0n) is 24.4. The Bertz CT molecular complexity index is 1350. The molecule has 10 nitrogen and oxygen atoms in total. The number of hydrogen-bond donors (Lipinski definition) is 2. The Kier molecular flexibility index (Phi) is 10.2. The number of likely N-dealkylation sites (tertiary alicyclic amines) is 1. The van der Waals surface area contributed by atoms with Gasteiger partial charge in [-0.05, 0) is 43.7 Å². The fourth-order valence-electron chi connectivity index (χ4n) is 4.76. The summed E-state index contributed by atoms with van der Waals surface area (Å²) in [6, 6.07) is 7.11. The van der Waals surface area contributed by atoms with Gasteiger partial charge in [-0.15, -0.1) is 0 Å². The minimum atomic E-state index is -5.04. The molecule has 2 aromatic rings. The standard InChI is InChI=1S/C29H36F3N5O5/c1-16(2)23(25(29(30,31)32)42-19(6)38)34-27(40)22-13-10-14-36(22)28(41)24(17(3)4)35-26(39)21-15-33-37(18(21)5)20-11-8-7-9-12-20/h7-9,11-12,15-17,22,24H,10,13-14H2,1-6H3,(H,34,40)(H,35,39)/b25-23+/t22-,24-/m0/s1. The van der Waals surface area contributed by atoms with Gasteiger partial charge in [0.05, 0.1) is 28.8 Å². The molecule has 1 saturated heterocycles. The van der Waals surface area contributed by atoms with Crippen LogP contribution < -0.4 is 10.6 Å². The lowest BCUT2D eigenvalue weighted by molar-refractivity contribution is -0.159. The second-order valence-electron chi connectivity index (χ2n) is 10.8. The molecule has 1 aliphatic rings. The van der Waals surface area contributed by atoms with Crippen LogP contribution in [0, 0.1) is 18.8 Å². The fraction of sp³-hybridized carbons (Fsp3) is 0.483. The smallest absolute Gasteiger partial charge is 0.420 e. The maximum Gasteiger partial charge on any atom is 0.451 e. The van der Waals surface area contributed by atoms with Gasteiger partial charge in [-0.3, -0.25) is 19.2 Å². The molecule has 1 aromatic carbocycles. The van der Waals surface area contributed by atoms with Crippen LogP contribution in [0.4, 0.5) is 13.2 Å². The van der Waals surface area contributed by atoms with Crippen LogP contribution in [-0.4, -0.2) is 63.2 Å². The molecule has 228 valence electrons. The van der Waals surface area contributed by atoms with Crippen molar-refractivity contribution >= 4 is 23.7 Å². The lowest BCUT2D eigenvalue weighted by Gasteiger charge is -2.31. The predicted octanol–water partition coefficient (Wildman–Crippen LogP) is 4.04. The molecule has 2 atom stereocenters. The summed E-state index contributed by atoms with van der Waals surface area (Å²) in [6.45, 7) is 9.04. The molecule has 0 spiro atoms. The number of aromatic nitrogens is 2. The van der Waals surface area contributed by atoms with Crippen LogP contribution in [0.15, 0.2) is 48.0 Å². The van der Waals surface area contributed by atoms with Crippen LogP contribution >= 0.6 is 0 Å². The van der Waals surface area contributed by atoms with Gasteiger partial charge >= 0.3 is 12.1 Å². The van der Waals surface area contributed by atoms with Gasteiger partial charge in [-0.1, -0.05) is 45.9 Å². The first-order valence-corrected chi connectivity index (χ1v) is 13.7. The number of benzene rings is 1. The van der Waals surface area contributed by atoms with Crippen molar-refractivity contribution in [1.29, 1.82) is 0 Å². The molecule has 3 amide bonds. The van der Waals surface area contributed by atoms with Crippen molar-refractivity contribution in [3.63, 3.8) is 0 Å². The number of ether oxygens (including phenoxy) is 1. The van der Waals surface area contributed by atoms with E-state index in [2.05, 4.69) is 20.5 Å². The van der Waals surface area contributed by atoms with Crippen LogP contribution in [0.25, 0.3) is 5.69 Å². The van der Waals surface area contributed by atoms with Crippen LogP contribution in [0.5, 0.6) is 0 Å². The first-order chi connectivity index (χ1) is 19.6. The van der Waals surface area contributed by atoms with E-state index in [1.54, 1.807) is 25.5 Å². The number of alkyl halides is 3. The average Bonchev–Trinajstić information content (AvgIpc) is 3.55. The average molecular weight is 592 g/mol. The van der Waals surface area contributed by atoms with Gasteiger partial charge in [0.2, 0.25) is 17.6 Å². The summed E-state index contributed by atoms with van der Waals surface area (Å²) >= 11 is 0. The Morgan fingerprint density at radius 2 is 1.71 bits per heavy atom. The van der Waals surface area contributed by atoms with E-state index >= 15 is 0 Å². The van der Waals surface area contributed by atoms with E-state index in [1.165, 1.54) is 24.9 Å². The van der Waals surface area contributed by atoms with Crippen molar-refractivity contribution < 1.29 is 37.1 Å². The molecule has 3 rings (SSSR count). The van der Waals surface area contributed by atoms with Gasteiger partial charge in [-0.2, -0.15) is 18.3 Å². The number of rotatable bonds is 9. The molecule has 42 heavy (non-hydrogen) atoms. The van der Waals surface area contributed by atoms with E-state index in [-0.39, 0.29) is 24.4 Å². The SMILES string of the molecule is CC(=O)O/C(=C(/NC(=O)[C@@H]1CCCN1C(=O)[C@@H](NC(=O)c1cnn(-c2ccccc2)c1C)C(C)C)C(C)C)C(F)(F)F. The Morgan fingerprint density at radius 3 is 2.26 bits per heavy atom. The summed E-state index contributed by atoms with van der Waals surface area (Å²) in [5.74, 6) is -5.92. The Hall–Kier alpha value is -4.16. The molecule has 0 saturated carbocycles. The van der Waals surface area contributed by atoms with E-state index in [0.29, 0.717) is 12.1 Å². The summed E-state index contributed by atoms with van der Waals surface area (Å²) in [5, 5.41) is 9.33. The van der Waals surface area contributed by atoms with Gasteiger partial charge in [0.1, 0.15) is 12.1 Å². The molecule has 1 fully saturated rings. The normalized spacial score (nSPS) is 16.7.